The van der Waals surface area contributed by atoms with Crippen molar-refractivity contribution in [3.63, 3.8) is 0 Å². The van der Waals surface area contributed by atoms with Gasteiger partial charge < -0.3 is 54.0 Å². The van der Waals surface area contributed by atoms with Crippen LogP contribution in [-0.2, 0) is 45.0 Å². The molecule has 2 saturated heterocycles. The van der Waals surface area contributed by atoms with Gasteiger partial charge in [0.05, 0.1) is 49.8 Å². The summed E-state index contributed by atoms with van der Waals surface area (Å²) in [6.45, 7) is 12.8. The molecule has 4 aromatic heterocycles. The number of likely N-dealkylation sites (tertiary alicyclic amines) is 2. The summed E-state index contributed by atoms with van der Waals surface area (Å²) in [5.74, 6) is 3.73. The molecule has 0 radical (unpaired) electrons. The predicted octanol–water partition coefficient (Wildman–Crippen LogP) is 11.8. The number of benzene rings is 6. The first-order chi connectivity index (χ1) is 44.3. The average Bonchev–Trinajstić information content (AvgIpc) is 1.75. The molecule has 0 aliphatic carbocycles. The van der Waals surface area contributed by atoms with Gasteiger partial charge in [-0.2, -0.15) is 0 Å². The van der Waals surface area contributed by atoms with Crippen LogP contribution < -0.4 is 22.0 Å². The highest BCUT2D eigenvalue weighted by atomic mass is 79.9. The van der Waals surface area contributed by atoms with Crippen LogP contribution in [-0.4, -0.2) is 141 Å². The first-order valence-corrected chi connectivity index (χ1v) is 33.1. The largest absolute Gasteiger partial charge is 0.385 e. The van der Waals surface area contributed by atoms with Gasteiger partial charge in [0.2, 0.25) is 11.8 Å². The summed E-state index contributed by atoms with van der Waals surface area (Å²) in [7, 11) is 7.37. The molecule has 10 aromatic rings. The molecule has 2 fully saturated rings. The number of carbonyl (C=O) groups excluding carboxylic acids is 2. The minimum Gasteiger partial charge on any atom is -0.385 e. The molecule has 12 rings (SSSR count). The average molecular weight is 1300 g/mol. The fourth-order valence-electron chi connectivity index (χ4n) is 12.6. The lowest BCUT2D eigenvalue weighted by atomic mass is 9.94. The number of aryl methyl sites for hydroxylation is 2. The third-order valence-corrected chi connectivity index (χ3v) is 17.6. The lowest BCUT2D eigenvalue weighted by Gasteiger charge is -2.33. The Morgan fingerprint density at radius 2 is 1.00 bits per heavy atom. The van der Waals surface area contributed by atoms with Crippen LogP contribution in [0.5, 0.6) is 0 Å². The second-order valence-electron chi connectivity index (χ2n) is 24.2. The molecule has 19 heteroatoms. The standard InChI is InChI=1S/C34H39N5O3.C27H34BrN3O2.C7H6N2O.C4H12N2/c1-24(21-25-14-16-27(17-15-25)39-31-13-6-4-11-29(31)36-34(39)41)22-32(40)37-18-7-9-26(23-37)33-35-28-10-3-5-12-30(28)38(33)19-8-20-42-2;1-20(17-21-10-12-23(28)13-11-21)18-26(32)30-14-5-7-22(19-30)27-29-24-8-3-4-9-25(24)31(27)15-6-16-33-2;10-7-8-5-3-1-2-4-6(5)9-7;1-5-3-4-6-2/h3-6,10-17,24,26H,7-9,18-23H2,1-2H3,(H,36,41);3-4,8-13,20,22H,5-7,14-19H2,1-2H3;1-4H,(H2,8,9,10);5-6H,3-4H2,1-2H3/t24-,26-;20-,22-;;/m11../s1. The van der Waals surface area contributed by atoms with Gasteiger partial charge in [-0.05, 0) is 161 Å². The Bertz CT molecular complexity index is 3970. The van der Waals surface area contributed by atoms with E-state index in [9.17, 15) is 19.2 Å². The van der Waals surface area contributed by atoms with Crippen LogP contribution in [0.2, 0.25) is 0 Å². The molecule has 6 heterocycles. The summed E-state index contributed by atoms with van der Waals surface area (Å²) in [4.78, 5) is 72.3. The number of aromatic nitrogens is 8. The fourth-order valence-corrected chi connectivity index (χ4v) is 12.9. The highest BCUT2D eigenvalue weighted by Gasteiger charge is 2.31. The van der Waals surface area contributed by atoms with Gasteiger partial charge in [-0.3, -0.25) is 14.2 Å². The molecule has 0 spiro atoms. The van der Waals surface area contributed by atoms with Gasteiger partial charge in [-0.15, -0.1) is 0 Å². The summed E-state index contributed by atoms with van der Waals surface area (Å²) in [5, 5.41) is 6.01. The SMILES string of the molecule is CNCCNC.COCCCn1c([C@@H]2CCCN(C(=O)C[C@H](C)Cc3ccc(-n4c(=O)[nH]c5ccccc54)cc3)C2)nc2ccccc21.COCCCn1c([C@@H]2CCCN(C(=O)C[C@H](C)Cc3ccc(Br)cc3)C2)nc2ccccc21.O=c1[nH]c2ccccc2[nH]1. The first kappa shape index (κ1) is 67.5. The Hall–Kier alpha value is -7.94. The lowest BCUT2D eigenvalue weighted by molar-refractivity contribution is -0.134. The van der Waals surface area contributed by atoms with E-state index < -0.39 is 0 Å². The number of nitrogens with zero attached hydrogens (tertiary/aromatic N) is 7. The Labute approximate surface area is 542 Å². The smallest absolute Gasteiger partial charge is 0.331 e. The molecule has 5 N–H and O–H groups in total. The number of piperidine rings is 2. The molecule has 18 nitrogen and oxygen atoms in total. The zero-order chi connectivity index (χ0) is 64.1. The summed E-state index contributed by atoms with van der Waals surface area (Å²) in [6.07, 6.45) is 8.84. The van der Waals surface area contributed by atoms with E-state index in [1.807, 2.05) is 86.9 Å². The van der Waals surface area contributed by atoms with Gasteiger partial charge in [0.25, 0.3) is 0 Å². The van der Waals surface area contributed by atoms with Crippen LogP contribution in [0.4, 0.5) is 0 Å². The minimum atomic E-state index is -0.152. The molecule has 91 heavy (non-hydrogen) atoms. The van der Waals surface area contributed by atoms with E-state index in [1.165, 1.54) is 11.1 Å². The second-order valence-corrected chi connectivity index (χ2v) is 25.1. The van der Waals surface area contributed by atoms with E-state index in [2.05, 4.69) is 147 Å². The number of H-pyrrole nitrogens is 3. The van der Waals surface area contributed by atoms with Crippen molar-refractivity contribution < 1.29 is 19.1 Å². The highest BCUT2D eigenvalue weighted by Crippen LogP contribution is 2.33. The number of rotatable bonds is 22. The lowest BCUT2D eigenvalue weighted by Crippen LogP contribution is -2.40. The molecule has 4 atom stereocenters. The van der Waals surface area contributed by atoms with E-state index in [1.54, 1.807) is 18.8 Å². The van der Waals surface area contributed by atoms with Crippen LogP contribution in [0, 0.1) is 11.8 Å². The fraction of sp³-hybridized carbons (Fsp3) is 0.417. The molecule has 0 saturated carbocycles. The highest BCUT2D eigenvalue weighted by molar-refractivity contribution is 9.10. The number of likely N-dealkylation sites (N-methyl/N-ethyl adjacent to an activating group) is 2. The zero-order valence-electron chi connectivity index (χ0n) is 53.8. The summed E-state index contributed by atoms with van der Waals surface area (Å²) >= 11 is 3.49. The molecule has 0 bridgehead atoms. The number of hydrogen-bond acceptors (Lipinski definition) is 10. The number of aromatic amines is 3. The van der Waals surface area contributed by atoms with Crippen molar-refractivity contribution in [2.45, 2.75) is 103 Å². The molecule has 2 aliphatic heterocycles. The molecular weight excluding hydrogens is 1210 g/mol. The molecule has 482 valence electrons. The molecular formula is C72H91BrN12O6. The normalized spacial score (nSPS) is 15.6. The quantitative estimate of drug-likeness (QED) is 0.0406. The topological polar surface area (TPSA) is 205 Å². The maximum Gasteiger partial charge on any atom is 0.331 e. The Morgan fingerprint density at radius 1 is 0.571 bits per heavy atom. The van der Waals surface area contributed by atoms with E-state index in [0.29, 0.717) is 31.9 Å². The van der Waals surface area contributed by atoms with Gasteiger partial charge in [0.1, 0.15) is 11.6 Å². The molecule has 2 aliphatic rings. The molecule has 2 amide bonds. The monoisotopic (exact) mass is 1300 g/mol. The van der Waals surface area contributed by atoms with Crippen LogP contribution in [0.25, 0.3) is 49.8 Å². The Morgan fingerprint density at radius 3 is 1.46 bits per heavy atom. The van der Waals surface area contributed by atoms with Gasteiger partial charge >= 0.3 is 11.4 Å². The van der Waals surface area contributed by atoms with Crippen molar-refractivity contribution >= 4 is 71.9 Å². The summed E-state index contributed by atoms with van der Waals surface area (Å²) in [5.41, 5.74) is 10.7. The number of fused-ring (bicyclic) bond motifs is 4. The van der Waals surface area contributed by atoms with Crippen LogP contribution in [0.1, 0.15) is 99.8 Å². The number of methoxy groups -OCH3 is 2. The van der Waals surface area contributed by atoms with Gasteiger partial charge in [-0.25, -0.2) is 19.6 Å². The summed E-state index contributed by atoms with van der Waals surface area (Å²) < 4.78 is 18.1. The number of hydrogen-bond donors (Lipinski definition) is 5. The van der Waals surface area contributed by atoms with Gasteiger partial charge in [-0.1, -0.05) is 103 Å². The van der Waals surface area contributed by atoms with Crippen molar-refractivity contribution in [2.24, 2.45) is 11.8 Å². The number of nitrogens with one attached hydrogen (secondary N) is 5. The predicted molar refractivity (Wildman–Crippen MR) is 369 cm³/mol. The maximum absolute atomic E-state index is 13.5. The number of carbonyl (C=O) groups is 2. The van der Waals surface area contributed by atoms with E-state index in [0.717, 1.165) is 170 Å². The first-order valence-electron chi connectivity index (χ1n) is 32.3. The van der Waals surface area contributed by atoms with Crippen molar-refractivity contribution in [2.75, 3.05) is 80.8 Å². The van der Waals surface area contributed by atoms with Crippen molar-refractivity contribution in [1.82, 2.24) is 59.1 Å². The van der Waals surface area contributed by atoms with Crippen molar-refractivity contribution in [3.8, 4) is 5.69 Å². The number of halogens is 1. The van der Waals surface area contributed by atoms with Crippen molar-refractivity contribution in [1.29, 1.82) is 0 Å². The Kier molecular flexibility index (Phi) is 25.2. The maximum atomic E-state index is 13.5. The van der Waals surface area contributed by atoms with Crippen molar-refractivity contribution in [3.05, 3.63) is 194 Å². The summed E-state index contributed by atoms with van der Waals surface area (Å²) in [6, 6.07) is 48.3. The zero-order valence-corrected chi connectivity index (χ0v) is 55.4. The van der Waals surface area contributed by atoms with Crippen LogP contribution in [0.15, 0.2) is 160 Å². The second kappa shape index (κ2) is 33.9. The third-order valence-electron chi connectivity index (χ3n) is 17.1. The van der Waals surface area contributed by atoms with E-state index in [-0.39, 0.29) is 40.9 Å². The van der Waals surface area contributed by atoms with Gasteiger partial charge in [0, 0.05) is 109 Å². The number of amides is 2. The van der Waals surface area contributed by atoms with Gasteiger partial charge in [0.15, 0.2) is 0 Å². The number of ether oxygens (including phenoxy) is 2. The third kappa shape index (κ3) is 18.4. The van der Waals surface area contributed by atoms with E-state index >= 15 is 0 Å². The minimum absolute atomic E-state index is 0.145. The Balaban J connectivity index is 0.000000176. The molecule has 0 unspecified atom stereocenters. The van der Waals surface area contributed by atoms with Crippen LogP contribution in [0.3, 0.4) is 0 Å². The number of imidazole rings is 4. The number of para-hydroxylation sites is 8. The van der Waals surface area contributed by atoms with E-state index in [4.69, 9.17) is 19.4 Å². The van der Waals surface area contributed by atoms with Crippen LogP contribution >= 0.6 is 15.9 Å². The molecule has 6 aromatic carbocycles.